The van der Waals surface area contributed by atoms with Crippen molar-refractivity contribution in [2.24, 2.45) is 0 Å². The van der Waals surface area contributed by atoms with Gasteiger partial charge in [0.15, 0.2) is 0 Å². The zero-order valence-corrected chi connectivity index (χ0v) is 15.8. The number of hydrogen-bond acceptors (Lipinski definition) is 4. The normalized spacial score (nSPS) is 11.3. The summed E-state index contributed by atoms with van der Waals surface area (Å²) in [7, 11) is -2.11. The number of carbonyl (C=O) groups excluding carboxylic acids is 1. The van der Waals surface area contributed by atoms with Gasteiger partial charge >= 0.3 is 0 Å². The highest BCUT2D eigenvalue weighted by atomic mass is 32.2. The van der Waals surface area contributed by atoms with Gasteiger partial charge in [-0.15, -0.1) is 0 Å². The first-order chi connectivity index (χ1) is 12.4. The van der Waals surface area contributed by atoms with Crippen LogP contribution in [0.15, 0.2) is 53.4 Å². The molecule has 2 N–H and O–H groups in total. The Morgan fingerprint density at radius 2 is 1.88 bits per heavy atom. The van der Waals surface area contributed by atoms with Crippen LogP contribution in [0.1, 0.15) is 27.9 Å². The van der Waals surface area contributed by atoms with Crippen molar-refractivity contribution >= 4 is 15.9 Å². The maximum Gasteiger partial charge on any atom is 0.251 e. The van der Waals surface area contributed by atoms with Gasteiger partial charge in [0.1, 0.15) is 0 Å². The summed E-state index contributed by atoms with van der Waals surface area (Å²) in [5.41, 5.74) is 2.25. The first kappa shape index (κ1) is 20.1. The molecule has 0 fully saturated rings. The lowest BCUT2D eigenvalue weighted by Crippen LogP contribution is -2.26. The van der Waals surface area contributed by atoms with E-state index in [1.54, 1.807) is 19.2 Å². The van der Waals surface area contributed by atoms with Crippen LogP contribution in [-0.2, 0) is 21.3 Å². The topological polar surface area (TPSA) is 84.5 Å². The summed E-state index contributed by atoms with van der Waals surface area (Å²) >= 11 is 0. The molecule has 0 aromatic heterocycles. The molecule has 6 nitrogen and oxygen atoms in total. The number of ether oxygens (including phenoxy) is 1. The fourth-order valence-corrected chi connectivity index (χ4v) is 3.47. The summed E-state index contributed by atoms with van der Waals surface area (Å²) in [4.78, 5) is 12.2. The molecule has 26 heavy (non-hydrogen) atoms. The molecule has 2 rings (SSSR count). The lowest BCUT2D eigenvalue weighted by Gasteiger charge is -2.09. The third-order valence-corrected chi connectivity index (χ3v) is 5.17. The summed E-state index contributed by atoms with van der Waals surface area (Å²) in [6.45, 7) is 3.16. The molecule has 0 saturated heterocycles. The Morgan fingerprint density at radius 3 is 2.62 bits per heavy atom. The number of amides is 1. The van der Waals surface area contributed by atoms with Crippen molar-refractivity contribution in [3.63, 3.8) is 0 Å². The number of hydrogen-bond donors (Lipinski definition) is 2. The van der Waals surface area contributed by atoms with Gasteiger partial charge in [0.2, 0.25) is 10.0 Å². The summed E-state index contributed by atoms with van der Waals surface area (Å²) in [5.74, 6) is -0.308. The van der Waals surface area contributed by atoms with E-state index in [0.29, 0.717) is 25.1 Å². The second-order valence-corrected chi connectivity index (χ2v) is 7.71. The van der Waals surface area contributed by atoms with E-state index in [-0.39, 0.29) is 17.3 Å². The molecule has 2 aromatic rings. The minimum Gasteiger partial charge on any atom is -0.385 e. The van der Waals surface area contributed by atoms with E-state index in [2.05, 4.69) is 10.0 Å². The van der Waals surface area contributed by atoms with Crippen LogP contribution in [0, 0.1) is 6.92 Å². The molecule has 140 valence electrons. The monoisotopic (exact) mass is 376 g/mol. The van der Waals surface area contributed by atoms with Crippen LogP contribution < -0.4 is 10.0 Å². The smallest absolute Gasteiger partial charge is 0.251 e. The summed E-state index contributed by atoms with van der Waals surface area (Å²) < 4.78 is 32.5. The minimum atomic E-state index is -3.71. The van der Waals surface area contributed by atoms with Crippen LogP contribution in [0.25, 0.3) is 0 Å². The van der Waals surface area contributed by atoms with Crippen LogP contribution >= 0.6 is 0 Å². The summed E-state index contributed by atoms with van der Waals surface area (Å²) in [6, 6.07) is 13.6. The second kappa shape index (κ2) is 9.47. The highest BCUT2D eigenvalue weighted by molar-refractivity contribution is 7.89. The zero-order chi connectivity index (χ0) is 19.0. The number of sulfonamides is 1. The number of carbonyl (C=O) groups is 1. The molecular formula is C19H24N2O4S. The Bertz CT molecular complexity index is 850. The molecule has 0 aliphatic carbocycles. The molecule has 0 spiro atoms. The van der Waals surface area contributed by atoms with Crippen molar-refractivity contribution in [2.75, 3.05) is 20.3 Å². The van der Waals surface area contributed by atoms with Gasteiger partial charge in [-0.1, -0.05) is 35.9 Å². The molecule has 0 radical (unpaired) electrons. The maximum absolute atomic E-state index is 12.5. The van der Waals surface area contributed by atoms with Crippen LogP contribution in [0.5, 0.6) is 0 Å². The highest BCUT2D eigenvalue weighted by Gasteiger charge is 2.16. The first-order valence-corrected chi connectivity index (χ1v) is 9.83. The van der Waals surface area contributed by atoms with E-state index in [1.165, 1.54) is 12.1 Å². The van der Waals surface area contributed by atoms with Crippen molar-refractivity contribution < 1.29 is 17.9 Å². The van der Waals surface area contributed by atoms with Crippen LogP contribution in [0.2, 0.25) is 0 Å². The predicted molar refractivity (Wildman–Crippen MR) is 100 cm³/mol. The largest absolute Gasteiger partial charge is 0.385 e. The van der Waals surface area contributed by atoms with Gasteiger partial charge in [0.05, 0.1) is 4.90 Å². The van der Waals surface area contributed by atoms with Crippen molar-refractivity contribution in [3.05, 3.63) is 65.2 Å². The third kappa shape index (κ3) is 5.94. The average Bonchev–Trinajstić information content (AvgIpc) is 2.64. The Balaban J connectivity index is 2.03. The van der Waals surface area contributed by atoms with Crippen LogP contribution in [-0.4, -0.2) is 34.6 Å². The predicted octanol–water partition coefficient (Wildman–Crippen LogP) is 2.24. The molecule has 0 saturated carbocycles. The molecule has 0 aliphatic rings. The van der Waals surface area contributed by atoms with E-state index in [4.69, 9.17) is 4.74 Å². The van der Waals surface area contributed by atoms with E-state index in [1.807, 2.05) is 31.2 Å². The molecule has 2 aromatic carbocycles. The van der Waals surface area contributed by atoms with Gasteiger partial charge in [-0.3, -0.25) is 4.79 Å². The van der Waals surface area contributed by atoms with Crippen molar-refractivity contribution in [2.45, 2.75) is 24.8 Å². The molecule has 1 amide bonds. The minimum absolute atomic E-state index is 0.0645. The van der Waals surface area contributed by atoms with Crippen molar-refractivity contribution in [1.82, 2.24) is 10.0 Å². The number of benzene rings is 2. The van der Waals surface area contributed by atoms with E-state index >= 15 is 0 Å². The van der Waals surface area contributed by atoms with Gasteiger partial charge in [0, 0.05) is 32.4 Å². The summed E-state index contributed by atoms with van der Waals surface area (Å²) in [6.07, 6.45) is 0.693. The SMILES string of the molecule is COCCCNC(=O)c1cccc(S(=O)(=O)NCc2cccc(C)c2)c1. The van der Waals surface area contributed by atoms with Crippen LogP contribution in [0.4, 0.5) is 0 Å². The first-order valence-electron chi connectivity index (χ1n) is 8.35. The molecule has 0 aliphatic heterocycles. The molecule has 0 heterocycles. The van der Waals surface area contributed by atoms with Gasteiger partial charge < -0.3 is 10.1 Å². The zero-order valence-electron chi connectivity index (χ0n) is 15.0. The van der Waals surface area contributed by atoms with E-state index in [0.717, 1.165) is 11.1 Å². The Labute approximate surface area is 154 Å². The number of aryl methyl sites for hydroxylation is 1. The number of rotatable bonds is 9. The fraction of sp³-hybridized carbons (Fsp3) is 0.316. The van der Waals surface area contributed by atoms with Gasteiger partial charge in [0.25, 0.3) is 5.91 Å². The Hall–Kier alpha value is -2.22. The molecule has 7 heteroatoms. The number of nitrogens with one attached hydrogen (secondary N) is 2. The summed E-state index contributed by atoms with van der Waals surface area (Å²) in [5, 5.41) is 2.74. The Morgan fingerprint density at radius 1 is 1.12 bits per heavy atom. The Kier molecular flexibility index (Phi) is 7.32. The molecule has 0 unspecified atom stereocenters. The lowest BCUT2D eigenvalue weighted by molar-refractivity contribution is 0.0948. The quantitative estimate of drug-likeness (QED) is 0.658. The molecule has 0 bridgehead atoms. The average molecular weight is 376 g/mol. The second-order valence-electron chi connectivity index (χ2n) is 5.94. The number of methoxy groups -OCH3 is 1. The van der Waals surface area contributed by atoms with E-state index < -0.39 is 10.0 Å². The van der Waals surface area contributed by atoms with Crippen molar-refractivity contribution in [3.8, 4) is 0 Å². The standard InChI is InChI=1S/C19H24N2O4S/c1-15-6-3-7-16(12-15)14-21-26(23,24)18-9-4-8-17(13-18)19(22)20-10-5-11-25-2/h3-4,6-9,12-13,21H,5,10-11,14H2,1-2H3,(H,20,22). The fourth-order valence-electron chi connectivity index (χ4n) is 2.41. The van der Waals surface area contributed by atoms with Crippen LogP contribution in [0.3, 0.4) is 0 Å². The third-order valence-electron chi connectivity index (χ3n) is 3.77. The maximum atomic E-state index is 12.5. The van der Waals surface area contributed by atoms with Gasteiger partial charge in [-0.25, -0.2) is 13.1 Å². The highest BCUT2D eigenvalue weighted by Crippen LogP contribution is 2.13. The molecule has 0 atom stereocenters. The van der Waals surface area contributed by atoms with E-state index in [9.17, 15) is 13.2 Å². The lowest BCUT2D eigenvalue weighted by atomic mass is 10.1. The molecular weight excluding hydrogens is 352 g/mol. The van der Waals surface area contributed by atoms with Crippen molar-refractivity contribution in [1.29, 1.82) is 0 Å². The van der Waals surface area contributed by atoms with Gasteiger partial charge in [-0.2, -0.15) is 0 Å². The van der Waals surface area contributed by atoms with Gasteiger partial charge in [-0.05, 0) is 37.1 Å².